The third kappa shape index (κ3) is 8.60. The van der Waals surface area contributed by atoms with Gasteiger partial charge in [0.25, 0.3) is 10.1 Å². The van der Waals surface area contributed by atoms with Crippen LogP contribution < -0.4 is 0 Å². The molecule has 2 amide bonds. The van der Waals surface area contributed by atoms with E-state index in [1.54, 1.807) is 0 Å². The van der Waals surface area contributed by atoms with E-state index < -0.39 is 91.5 Å². The van der Waals surface area contributed by atoms with Crippen molar-refractivity contribution in [1.82, 2.24) is 4.90 Å². The lowest BCUT2D eigenvalue weighted by atomic mass is 9.92. The number of halogens is 3. The normalized spacial score (nSPS) is 23.8. The number of amidine groups is 1. The molecule has 0 bridgehead atoms. The number of imide groups is 1. The average Bonchev–Trinajstić information content (AvgIpc) is 2.73. The first-order valence-electron chi connectivity index (χ1n) is 12.3. The summed E-state index contributed by atoms with van der Waals surface area (Å²) in [4.78, 5) is 31.8. The van der Waals surface area contributed by atoms with Crippen LogP contribution in [0.3, 0.4) is 0 Å². The second kappa shape index (κ2) is 12.0. The first kappa shape index (κ1) is 35.3. The maximum atomic E-state index is 15.3. The van der Waals surface area contributed by atoms with Gasteiger partial charge in [-0.3, -0.25) is 18.3 Å². The molecule has 0 saturated carbocycles. The van der Waals surface area contributed by atoms with E-state index in [0.717, 1.165) is 12.3 Å². The molecule has 0 aliphatic carbocycles. The Hall–Kier alpha value is -1.85. The number of amides is 2. The number of benzene rings is 1. The van der Waals surface area contributed by atoms with E-state index in [9.17, 15) is 27.1 Å². The van der Waals surface area contributed by atoms with Gasteiger partial charge in [-0.05, 0) is 66.7 Å². The molecule has 1 aliphatic heterocycles. The van der Waals surface area contributed by atoms with Crippen molar-refractivity contribution in [1.29, 1.82) is 0 Å². The van der Waals surface area contributed by atoms with Crippen molar-refractivity contribution in [2.75, 3.05) is 25.3 Å². The van der Waals surface area contributed by atoms with Crippen LogP contribution in [0.4, 0.5) is 18.4 Å². The van der Waals surface area contributed by atoms with Crippen LogP contribution in [0.25, 0.3) is 0 Å². The maximum Gasteiger partial charge on any atom is 0.425 e. The maximum absolute atomic E-state index is 15.3. The lowest BCUT2D eigenvalue weighted by molar-refractivity contribution is 0.0135. The Labute approximate surface area is 249 Å². The van der Waals surface area contributed by atoms with Crippen molar-refractivity contribution < 1.29 is 49.6 Å². The largest absolute Gasteiger partial charge is 0.443 e. The van der Waals surface area contributed by atoms with Crippen molar-refractivity contribution >= 4 is 54.7 Å². The molecule has 16 heteroatoms. The zero-order chi connectivity index (χ0) is 31.8. The molecule has 41 heavy (non-hydrogen) atoms. The van der Waals surface area contributed by atoms with Crippen molar-refractivity contribution in [2.24, 2.45) is 4.99 Å². The number of ether oxygens (including phenoxy) is 2. The predicted octanol–water partition coefficient (Wildman–Crippen LogP) is 6.21. The summed E-state index contributed by atoms with van der Waals surface area (Å²) in [5.41, 5.74) is -4.39. The van der Waals surface area contributed by atoms with Crippen molar-refractivity contribution in [3.05, 3.63) is 34.1 Å². The topological polar surface area (TPSA) is 152 Å². The van der Waals surface area contributed by atoms with Crippen molar-refractivity contribution in [3.63, 3.8) is 0 Å². The Balaban J connectivity index is 2.97. The number of hydrogen-bond acceptors (Lipinski definition) is 10. The van der Waals surface area contributed by atoms with Gasteiger partial charge < -0.3 is 9.47 Å². The summed E-state index contributed by atoms with van der Waals surface area (Å²) in [6.07, 6.45) is -2.79. The Bertz CT molecular complexity index is 1280. The summed E-state index contributed by atoms with van der Waals surface area (Å²) in [6, 6.07) is 3.82. The van der Waals surface area contributed by atoms with Crippen LogP contribution in [-0.4, -0.2) is 81.7 Å². The molecule has 0 saturated heterocycles. The van der Waals surface area contributed by atoms with Crippen LogP contribution >= 0.6 is 26.5 Å². The van der Waals surface area contributed by atoms with E-state index in [1.807, 2.05) is 0 Å². The van der Waals surface area contributed by atoms with Crippen LogP contribution in [0.5, 0.6) is 0 Å². The predicted molar refractivity (Wildman–Crippen MR) is 155 cm³/mol. The Kier molecular flexibility index (Phi) is 10.4. The van der Waals surface area contributed by atoms with E-state index >= 15 is 8.78 Å². The molecule has 1 heterocycles. The third-order valence-electron chi connectivity index (χ3n) is 5.76. The minimum absolute atomic E-state index is 0.155. The highest BCUT2D eigenvalue weighted by atomic mass is 79.9. The van der Waals surface area contributed by atoms with E-state index in [0.29, 0.717) is 4.47 Å². The summed E-state index contributed by atoms with van der Waals surface area (Å²) < 4.78 is 90.2. The van der Waals surface area contributed by atoms with Gasteiger partial charge in [-0.2, -0.15) is 23.9 Å². The summed E-state index contributed by atoms with van der Waals surface area (Å²) in [7, 11) is -8.37. The van der Waals surface area contributed by atoms with E-state index in [2.05, 4.69) is 20.9 Å². The molecule has 0 unspecified atom stereocenters. The smallest absolute Gasteiger partial charge is 0.425 e. The fourth-order valence-electron chi connectivity index (χ4n) is 4.06. The number of rotatable bonds is 6. The summed E-state index contributed by atoms with van der Waals surface area (Å²) in [5, 5.41) is 0. The molecular formula is C25H37BrF2N2O9S2. The van der Waals surface area contributed by atoms with Crippen molar-refractivity contribution in [3.8, 4) is 0 Å². The second-order valence-electron chi connectivity index (χ2n) is 11.8. The molecule has 1 aromatic carbocycles. The van der Waals surface area contributed by atoms with Crippen LogP contribution in [-0.2, 0) is 29.3 Å². The molecule has 0 spiro atoms. The SMILES string of the molecule is CC(C)(C)OC(=O)N(C(=O)OC(C)(C)C)C1=N[C@](C)(c2cc(Br)ccc2F)CS(O)(O)[C@]1(CF)CCOS(C)(=O)=O. The quantitative estimate of drug-likeness (QED) is 0.332. The molecule has 11 nitrogen and oxygen atoms in total. The van der Waals surface area contributed by atoms with Gasteiger partial charge in [0.2, 0.25) is 0 Å². The summed E-state index contributed by atoms with van der Waals surface area (Å²) >= 11 is 3.24. The van der Waals surface area contributed by atoms with Gasteiger partial charge in [-0.15, -0.1) is 0 Å². The molecule has 0 aromatic heterocycles. The molecule has 2 rings (SSSR count). The van der Waals surface area contributed by atoms with Gasteiger partial charge in [0, 0.05) is 16.5 Å². The average molecular weight is 692 g/mol. The van der Waals surface area contributed by atoms with E-state index in [4.69, 9.17) is 13.7 Å². The number of aliphatic imine (C=N–C) groups is 1. The standard InChI is InChI=1S/C25H37BrF2N2O9S2/c1-22(2,3)38-20(31)30(21(32)39-23(4,5)6)19-25(14-27,11-12-37-40(8,33)34)41(35,36)15-24(7,29-19)17-13-16(26)9-10-18(17)28/h9-10,13,35-36H,11-12,14-15H2,1-8H3/t24-,25-/m0/s1. The van der Waals surface area contributed by atoms with E-state index in [1.165, 1.54) is 60.6 Å². The highest BCUT2D eigenvalue weighted by Crippen LogP contribution is 2.62. The molecule has 2 atom stereocenters. The number of carbonyl (C=O) groups is 2. The molecule has 0 fully saturated rings. The Morgan fingerprint density at radius 1 is 1.12 bits per heavy atom. The number of carbonyl (C=O) groups excluding carboxylic acids is 2. The highest BCUT2D eigenvalue weighted by molar-refractivity contribution is 9.10. The van der Waals surface area contributed by atoms with Gasteiger partial charge in [0.05, 0.1) is 18.6 Å². The minimum atomic E-state index is -4.31. The van der Waals surface area contributed by atoms with E-state index in [-0.39, 0.29) is 10.5 Å². The first-order chi connectivity index (χ1) is 18.4. The van der Waals surface area contributed by atoms with Gasteiger partial charge in [0.1, 0.15) is 39.8 Å². The molecule has 1 aromatic rings. The molecule has 234 valence electrons. The number of alkyl halides is 1. The first-order valence-corrected chi connectivity index (χ1v) is 16.7. The van der Waals surface area contributed by atoms with Crippen LogP contribution in [0.1, 0.15) is 60.5 Å². The zero-order valence-corrected chi connectivity index (χ0v) is 27.4. The molecule has 1 aliphatic rings. The fraction of sp³-hybridized carbons (Fsp3) is 0.640. The number of nitrogens with zero attached hydrogens (tertiary/aromatic N) is 2. The lowest BCUT2D eigenvalue weighted by Gasteiger charge is -2.56. The highest BCUT2D eigenvalue weighted by Gasteiger charge is 2.60. The molecule has 0 radical (unpaired) electrons. The molecular weight excluding hydrogens is 654 g/mol. The Morgan fingerprint density at radius 3 is 2.07 bits per heavy atom. The van der Waals surface area contributed by atoms with Gasteiger partial charge in [-0.1, -0.05) is 15.9 Å². The lowest BCUT2D eigenvalue weighted by Crippen LogP contribution is -2.63. The van der Waals surface area contributed by atoms with Crippen LogP contribution in [0, 0.1) is 5.82 Å². The van der Waals surface area contributed by atoms with Crippen LogP contribution in [0.15, 0.2) is 27.7 Å². The summed E-state index contributed by atoms with van der Waals surface area (Å²) in [6.45, 7) is 7.92. The Morgan fingerprint density at radius 2 is 1.63 bits per heavy atom. The van der Waals surface area contributed by atoms with Gasteiger partial charge >= 0.3 is 12.2 Å². The second-order valence-corrected chi connectivity index (χ2v) is 16.8. The fourth-order valence-corrected chi connectivity index (χ4v) is 7.10. The van der Waals surface area contributed by atoms with Gasteiger partial charge in [-0.25, -0.2) is 18.4 Å². The van der Waals surface area contributed by atoms with Crippen molar-refractivity contribution in [2.45, 2.75) is 76.4 Å². The summed E-state index contributed by atoms with van der Waals surface area (Å²) in [5.74, 6) is -2.38. The third-order valence-corrected chi connectivity index (χ3v) is 9.56. The minimum Gasteiger partial charge on any atom is -0.443 e. The monoisotopic (exact) mass is 690 g/mol. The van der Waals surface area contributed by atoms with Gasteiger partial charge in [0.15, 0.2) is 0 Å². The zero-order valence-electron chi connectivity index (χ0n) is 24.2. The number of hydrogen-bond donors (Lipinski definition) is 2. The van der Waals surface area contributed by atoms with Crippen LogP contribution in [0.2, 0.25) is 0 Å². The molecule has 2 N–H and O–H groups in total.